The molecule has 0 aliphatic heterocycles. The fraction of sp³-hybridized carbons (Fsp3) is 0.600. The van der Waals surface area contributed by atoms with Crippen molar-refractivity contribution in [2.45, 2.75) is 33.0 Å². The molecule has 0 fully saturated rings. The summed E-state index contributed by atoms with van der Waals surface area (Å²) >= 11 is 0. The predicted molar refractivity (Wildman–Crippen MR) is 74.7 cm³/mol. The van der Waals surface area contributed by atoms with Gasteiger partial charge in [-0.05, 0) is 26.5 Å². The molecule has 1 unspecified atom stereocenters. The molecule has 3 nitrogen and oxygen atoms in total. The molecule has 1 rings (SSSR count). The summed E-state index contributed by atoms with van der Waals surface area (Å²) in [6, 6.07) is 6.74. The average Bonchev–Trinajstić information content (AvgIpc) is 2.39. The van der Waals surface area contributed by atoms with Gasteiger partial charge in [0.15, 0.2) is 0 Å². The molecule has 1 atom stereocenters. The molecule has 108 valence electrons. The lowest BCUT2D eigenvalue weighted by Crippen LogP contribution is -2.25. The van der Waals surface area contributed by atoms with Crippen molar-refractivity contribution in [3.8, 4) is 0 Å². The normalized spacial score (nSPS) is 12.9. The van der Waals surface area contributed by atoms with Gasteiger partial charge in [0.05, 0.1) is 25.4 Å². The van der Waals surface area contributed by atoms with Gasteiger partial charge in [0.1, 0.15) is 5.82 Å². The SMILES string of the molecule is CCNCC(OCCOC(C)C)c1ccccc1F. The second-order valence-electron chi connectivity index (χ2n) is 4.61. The molecule has 19 heavy (non-hydrogen) atoms. The minimum absolute atomic E-state index is 0.185. The first-order chi connectivity index (χ1) is 9.15. The molecule has 0 radical (unpaired) electrons. The van der Waals surface area contributed by atoms with Crippen LogP contribution in [0.1, 0.15) is 32.4 Å². The molecule has 0 aliphatic rings. The van der Waals surface area contributed by atoms with Gasteiger partial charge in [-0.25, -0.2) is 4.39 Å². The second-order valence-corrected chi connectivity index (χ2v) is 4.61. The van der Waals surface area contributed by atoms with Crippen LogP contribution in [0.2, 0.25) is 0 Å². The molecule has 0 aliphatic carbocycles. The number of hydrogen-bond acceptors (Lipinski definition) is 3. The summed E-state index contributed by atoms with van der Waals surface area (Å²) < 4.78 is 24.9. The van der Waals surface area contributed by atoms with E-state index in [1.807, 2.05) is 26.8 Å². The highest BCUT2D eigenvalue weighted by atomic mass is 19.1. The quantitative estimate of drug-likeness (QED) is 0.699. The zero-order valence-electron chi connectivity index (χ0n) is 12.0. The molecule has 0 saturated carbocycles. The van der Waals surface area contributed by atoms with Gasteiger partial charge < -0.3 is 14.8 Å². The summed E-state index contributed by atoms with van der Waals surface area (Å²) in [5.41, 5.74) is 0.591. The number of rotatable bonds is 9. The fourth-order valence-corrected chi connectivity index (χ4v) is 1.74. The first kappa shape index (κ1) is 16.1. The van der Waals surface area contributed by atoms with Gasteiger partial charge >= 0.3 is 0 Å². The molecule has 1 aromatic rings. The number of hydrogen-bond donors (Lipinski definition) is 1. The molecule has 1 N–H and O–H groups in total. The monoisotopic (exact) mass is 269 g/mol. The molecule has 1 aromatic carbocycles. The highest BCUT2D eigenvalue weighted by Crippen LogP contribution is 2.19. The van der Waals surface area contributed by atoms with Gasteiger partial charge in [0.2, 0.25) is 0 Å². The van der Waals surface area contributed by atoms with Crippen molar-refractivity contribution >= 4 is 0 Å². The maximum atomic E-state index is 13.8. The molecule has 0 aromatic heterocycles. The van der Waals surface area contributed by atoms with Gasteiger partial charge in [-0.2, -0.15) is 0 Å². The Kier molecular flexibility index (Phi) is 7.63. The Labute approximate surface area is 115 Å². The third-order valence-electron chi connectivity index (χ3n) is 2.69. The molecule has 4 heteroatoms. The summed E-state index contributed by atoms with van der Waals surface area (Å²) in [5, 5.41) is 3.19. The van der Waals surface area contributed by atoms with Gasteiger partial charge in [0.25, 0.3) is 0 Å². The van der Waals surface area contributed by atoms with Crippen molar-refractivity contribution in [1.29, 1.82) is 0 Å². The van der Waals surface area contributed by atoms with E-state index in [1.165, 1.54) is 6.07 Å². The zero-order valence-corrected chi connectivity index (χ0v) is 12.0. The van der Waals surface area contributed by atoms with E-state index in [0.29, 0.717) is 25.3 Å². The highest BCUT2D eigenvalue weighted by Gasteiger charge is 2.15. The van der Waals surface area contributed by atoms with Crippen molar-refractivity contribution < 1.29 is 13.9 Å². The Balaban J connectivity index is 2.54. The molecule has 0 saturated heterocycles. The minimum atomic E-state index is -0.281. The Morgan fingerprint density at radius 3 is 2.47 bits per heavy atom. The maximum Gasteiger partial charge on any atom is 0.129 e. The zero-order chi connectivity index (χ0) is 14.1. The van der Waals surface area contributed by atoms with Crippen LogP contribution in [-0.2, 0) is 9.47 Å². The van der Waals surface area contributed by atoms with Gasteiger partial charge in [0, 0.05) is 12.1 Å². The highest BCUT2D eigenvalue weighted by molar-refractivity contribution is 5.20. The van der Waals surface area contributed by atoms with Gasteiger partial charge in [-0.3, -0.25) is 0 Å². The topological polar surface area (TPSA) is 30.5 Å². The number of halogens is 1. The van der Waals surface area contributed by atoms with Crippen molar-refractivity contribution in [2.75, 3.05) is 26.3 Å². The average molecular weight is 269 g/mol. The van der Waals surface area contributed by atoms with E-state index in [4.69, 9.17) is 9.47 Å². The molecule has 0 heterocycles. The van der Waals surface area contributed by atoms with E-state index < -0.39 is 0 Å². The molecule has 0 amide bonds. The standard InChI is InChI=1S/C15H24FNO2/c1-4-17-11-15(19-10-9-18-12(2)3)13-7-5-6-8-14(13)16/h5-8,12,15,17H,4,9-11H2,1-3H3. The van der Waals surface area contributed by atoms with E-state index in [0.717, 1.165) is 6.54 Å². The molecule has 0 spiro atoms. The van der Waals surface area contributed by atoms with E-state index in [2.05, 4.69) is 5.32 Å². The predicted octanol–water partition coefficient (Wildman–Crippen LogP) is 2.92. The number of ether oxygens (including phenoxy) is 2. The van der Waals surface area contributed by atoms with Gasteiger partial charge in [-0.1, -0.05) is 25.1 Å². The second kappa shape index (κ2) is 9.02. The Bertz CT molecular complexity index is 358. The van der Waals surface area contributed by atoms with E-state index in [-0.39, 0.29) is 18.0 Å². The molecule has 0 bridgehead atoms. The van der Waals surface area contributed by atoms with E-state index in [1.54, 1.807) is 12.1 Å². The lowest BCUT2D eigenvalue weighted by atomic mass is 10.1. The van der Waals surface area contributed by atoms with Crippen LogP contribution >= 0.6 is 0 Å². The lowest BCUT2D eigenvalue weighted by Gasteiger charge is -2.19. The summed E-state index contributed by atoms with van der Waals surface area (Å²) in [6.07, 6.45) is -0.0961. The van der Waals surface area contributed by atoms with Crippen LogP contribution in [0.15, 0.2) is 24.3 Å². The van der Waals surface area contributed by atoms with E-state index >= 15 is 0 Å². The summed E-state index contributed by atoms with van der Waals surface area (Å²) in [5.74, 6) is -0.227. The first-order valence-corrected chi connectivity index (χ1v) is 6.83. The number of benzene rings is 1. The largest absolute Gasteiger partial charge is 0.376 e. The smallest absolute Gasteiger partial charge is 0.129 e. The maximum absolute atomic E-state index is 13.8. The lowest BCUT2D eigenvalue weighted by molar-refractivity contribution is -0.0139. The minimum Gasteiger partial charge on any atom is -0.376 e. The van der Waals surface area contributed by atoms with Crippen LogP contribution in [0.3, 0.4) is 0 Å². The van der Waals surface area contributed by atoms with E-state index in [9.17, 15) is 4.39 Å². The van der Waals surface area contributed by atoms with Gasteiger partial charge in [-0.15, -0.1) is 0 Å². The van der Waals surface area contributed by atoms with Crippen LogP contribution < -0.4 is 5.32 Å². The summed E-state index contributed by atoms with van der Waals surface area (Å²) in [7, 11) is 0. The summed E-state index contributed by atoms with van der Waals surface area (Å²) in [4.78, 5) is 0. The summed E-state index contributed by atoms with van der Waals surface area (Å²) in [6.45, 7) is 8.38. The Morgan fingerprint density at radius 1 is 1.16 bits per heavy atom. The van der Waals surface area contributed by atoms with Crippen LogP contribution in [0.5, 0.6) is 0 Å². The Hall–Kier alpha value is -0.970. The number of likely N-dealkylation sites (N-methyl/N-ethyl adjacent to an activating group) is 1. The Morgan fingerprint density at radius 2 is 1.84 bits per heavy atom. The van der Waals surface area contributed by atoms with Crippen LogP contribution in [0.4, 0.5) is 4.39 Å². The third kappa shape index (κ3) is 6.14. The third-order valence-corrected chi connectivity index (χ3v) is 2.69. The van der Waals surface area contributed by atoms with Crippen LogP contribution in [0.25, 0.3) is 0 Å². The molecular formula is C15H24FNO2. The van der Waals surface area contributed by atoms with Crippen LogP contribution in [0, 0.1) is 5.82 Å². The van der Waals surface area contributed by atoms with Crippen molar-refractivity contribution in [3.63, 3.8) is 0 Å². The fourth-order valence-electron chi connectivity index (χ4n) is 1.74. The van der Waals surface area contributed by atoms with Crippen molar-refractivity contribution in [1.82, 2.24) is 5.32 Å². The molecular weight excluding hydrogens is 245 g/mol. The van der Waals surface area contributed by atoms with Crippen molar-refractivity contribution in [3.05, 3.63) is 35.6 Å². The van der Waals surface area contributed by atoms with Crippen LogP contribution in [-0.4, -0.2) is 32.4 Å². The number of nitrogens with one attached hydrogen (secondary N) is 1. The van der Waals surface area contributed by atoms with Crippen molar-refractivity contribution in [2.24, 2.45) is 0 Å². The first-order valence-electron chi connectivity index (χ1n) is 6.83.